The fraction of sp³-hybridized carbons (Fsp3) is 0.143. The second kappa shape index (κ2) is 3.90. The fourth-order valence-electron chi connectivity index (χ4n) is 1.88. The van der Waals surface area contributed by atoms with Crippen molar-refractivity contribution in [3.05, 3.63) is 46.0 Å². The summed E-state index contributed by atoms with van der Waals surface area (Å²) in [5.41, 5.74) is 3.34. The average Bonchev–Trinajstić information content (AvgIpc) is 2.32. The van der Waals surface area contributed by atoms with E-state index in [9.17, 15) is 0 Å². The molecule has 0 amide bonds. The second-order valence-electron chi connectivity index (χ2n) is 4.24. The van der Waals surface area contributed by atoms with Gasteiger partial charge in [0.05, 0.1) is 9.81 Å². The molecule has 1 aliphatic carbocycles. The van der Waals surface area contributed by atoms with Crippen LogP contribution in [-0.2, 0) is 0 Å². The maximum atomic E-state index is 5.89. The monoisotopic (exact) mass is 258 g/mol. The van der Waals surface area contributed by atoms with E-state index < -0.39 is 0 Å². The molecule has 0 unspecified atom stereocenters. The molecule has 0 N–H and O–H groups in total. The molecule has 0 spiro atoms. The van der Waals surface area contributed by atoms with Gasteiger partial charge in [-0.15, -0.1) is 0 Å². The third kappa shape index (κ3) is 1.78. The predicted molar refractivity (Wildman–Crippen MR) is 75.7 cm³/mol. The number of fused-ring (bicyclic) bond motifs is 2. The summed E-state index contributed by atoms with van der Waals surface area (Å²) in [6.07, 6.45) is 0. The molecule has 0 saturated carbocycles. The number of rotatable bonds is 0. The van der Waals surface area contributed by atoms with Crippen molar-refractivity contribution in [3.8, 4) is 11.1 Å². The van der Waals surface area contributed by atoms with E-state index in [0.29, 0.717) is 0 Å². The third-order valence-corrected chi connectivity index (χ3v) is 4.79. The van der Waals surface area contributed by atoms with E-state index in [1.807, 2.05) is 25.1 Å². The van der Waals surface area contributed by atoms with Crippen LogP contribution in [0.4, 0.5) is 0 Å². The Morgan fingerprint density at radius 1 is 1.12 bits per heavy atom. The zero-order valence-corrected chi connectivity index (χ0v) is 11.4. The van der Waals surface area contributed by atoms with Gasteiger partial charge < -0.3 is 4.42 Å². The van der Waals surface area contributed by atoms with Crippen LogP contribution >= 0.6 is 20.4 Å². The van der Waals surface area contributed by atoms with E-state index in [-0.39, 0.29) is 0 Å². The van der Waals surface area contributed by atoms with Gasteiger partial charge in [0, 0.05) is 5.12 Å². The van der Waals surface area contributed by atoms with Crippen LogP contribution < -0.4 is 0 Å². The van der Waals surface area contributed by atoms with Crippen LogP contribution in [0.25, 0.3) is 21.8 Å². The SMILES string of the molecule is Cc1ccc2oc3ccc(C)c(=S)c-3pc2c1. The molecule has 1 aromatic carbocycles. The molecule has 1 aliphatic heterocycles. The van der Waals surface area contributed by atoms with Crippen molar-refractivity contribution in [1.29, 1.82) is 0 Å². The minimum atomic E-state index is 0.901. The Balaban J connectivity index is 2.50. The Kier molecular flexibility index (Phi) is 2.50. The Morgan fingerprint density at radius 2 is 1.94 bits per heavy atom. The summed E-state index contributed by atoms with van der Waals surface area (Å²) < 4.78 is 6.82. The van der Waals surface area contributed by atoms with Gasteiger partial charge in [0.25, 0.3) is 0 Å². The van der Waals surface area contributed by atoms with Crippen LogP contribution in [0.5, 0.6) is 0 Å². The summed E-state index contributed by atoms with van der Waals surface area (Å²) in [5, 5.41) is 2.33. The molecule has 84 valence electrons. The van der Waals surface area contributed by atoms with Gasteiger partial charge in [-0.3, -0.25) is 0 Å². The molecule has 1 aromatic rings. The highest BCUT2D eigenvalue weighted by Gasteiger charge is 2.10. The normalized spacial score (nSPS) is 11.6. The van der Waals surface area contributed by atoms with Crippen LogP contribution in [0.2, 0.25) is 0 Å². The fourth-order valence-corrected chi connectivity index (χ4v) is 3.44. The van der Waals surface area contributed by atoms with E-state index in [4.69, 9.17) is 16.6 Å². The highest BCUT2D eigenvalue weighted by molar-refractivity contribution is 7.72. The Labute approximate surface area is 107 Å². The zero-order chi connectivity index (χ0) is 12.0. The van der Waals surface area contributed by atoms with Gasteiger partial charge in [0.2, 0.25) is 0 Å². The minimum Gasteiger partial charge on any atom is -0.455 e. The summed E-state index contributed by atoms with van der Waals surface area (Å²) >= 11 is 5.46. The molecule has 3 rings (SSSR count). The van der Waals surface area contributed by atoms with Crippen molar-refractivity contribution in [2.24, 2.45) is 0 Å². The van der Waals surface area contributed by atoms with E-state index in [1.165, 1.54) is 10.7 Å². The van der Waals surface area contributed by atoms with Crippen molar-refractivity contribution >= 4 is 31.1 Å². The Morgan fingerprint density at radius 3 is 2.76 bits per heavy atom. The highest BCUT2D eigenvalue weighted by Crippen LogP contribution is 2.39. The predicted octanol–water partition coefficient (Wildman–Crippen LogP) is 5.46. The van der Waals surface area contributed by atoms with Crippen LogP contribution in [0, 0.1) is 18.4 Å². The lowest BCUT2D eigenvalue weighted by Gasteiger charge is -2.08. The van der Waals surface area contributed by atoms with Gasteiger partial charge in [-0.2, -0.15) is 0 Å². The molecule has 1 nitrogen and oxygen atoms in total. The molecule has 0 bridgehead atoms. The van der Waals surface area contributed by atoms with Gasteiger partial charge >= 0.3 is 0 Å². The van der Waals surface area contributed by atoms with E-state index in [0.717, 1.165) is 34.9 Å². The summed E-state index contributed by atoms with van der Waals surface area (Å²) in [7, 11) is 1.16. The van der Waals surface area contributed by atoms with Gasteiger partial charge in [-0.05, 0) is 43.2 Å². The first-order valence-electron chi connectivity index (χ1n) is 5.46. The number of aryl methyl sites for hydroxylation is 2. The average molecular weight is 258 g/mol. The smallest absolute Gasteiger partial charge is 0.140 e. The molecular weight excluding hydrogens is 247 g/mol. The van der Waals surface area contributed by atoms with E-state index >= 15 is 0 Å². The van der Waals surface area contributed by atoms with Gasteiger partial charge in [-0.1, -0.05) is 32.5 Å². The molecule has 0 saturated heterocycles. The molecule has 2 aliphatic rings. The van der Waals surface area contributed by atoms with Gasteiger partial charge in [-0.25, -0.2) is 0 Å². The van der Waals surface area contributed by atoms with Crippen molar-refractivity contribution in [2.45, 2.75) is 13.8 Å². The molecule has 1 heterocycles. The molecule has 3 heteroatoms. The molecule has 0 fully saturated rings. The molecule has 17 heavy (non-hydrogen) atoms. The maximum absolute atomic E-state index is 5.89. The largest absolute Gasteiger partial charge is 0.455 e. The zero-order valence-electron chi connectivity index (χ0n) is 9.65. The topological polar surface area (TPSA) is 13.1 Å². The minimum absolute atomic E-state index is 0.901. The lowest BCUT2D eigenvalue weighted by molar-refractivity contribution is 0.623. The first kappa shape index (κ1) is 10.9. The molecule has 0 atom stereocenters. The summed E-state index contributed by atoms with van der Waals surface area (Å²) in [6.45, 7) is 4.14. The second-order valence-corrected chi connectivity index (χ2v) is 5.80. The van der Waals surface area contributed by atoms with Crippen LogP contribution in [0.3, 0.4) is 0 Å². The quantitative estimate of drug-likeness (QED) is 0.392. The van der Waals surface area contributed by atoms with E-state index in [2.05, 4.69) is 19.1 Å². The molecule has 0 radical (unpaired) electrons. The highest BCUT2D eigenvalue weighted by atomic mass is 32.1. The lowest BCUT2D eigenvalue weighted by atomic mass is 10.2. The standard InChI is InChI=1S/C14H11OPS/c1-8-3-5-10-12(7-8)16-13-11(15-10)6-4-9(2)14(13)17/h3-7H,1-2H3. The number of benzene rings is 2. The first-order chi connectivity index (χ1) is 8.15. The Hall–Kier alpha value is -1.24. The summed E-state index contributed by atoms with van der Waals surface area (Å²) in [6, 6.07) is 10.3. The van der Waals surface area contributed by atoms with Crippen molar-refractivity contribution in [2.75, 3.05) is 0 Å². The lowest BCUT2D eigenvalue weighted by Crippen LogP contribution is -1.83. The van der Waals surface area contributed by atoms with Crippen molar-refractivity contribution in [1.82, 2.24) is 0 Å². The van der Waals surface area contributed by atoms with Crippen molar-refractivity contribution in [3.63, 3.8) is 0 Å². The summed E-state index contributed by atoms with van der Waals surface area (Å²) in [4.78, 5) is 0. The van der Waals surface area contributed by atoms with Gasteiger partial charge in [0.15, 0.2) is 0 Å². The van der Waals surface area contributed by atoms with Crippen LogP contribution in [0.1, 0.15) is 11.1 Å². The Bertz CT molecular complexity index is 745. The maximum Gasteiger partial charge on any atom is 0.140 e. The van der Waals surface area contributed by atoms with E-state index in [1.54, 1.807) is 0 Å². The van der Waals surface area contributed by atoms with Gasteiger partial charge in [0.1, 0.15) is 11.3 Å². The first-order valence-corrected chi connectivity index (χ1v) is 6.76. The summed E-state index contributed by atoms with van der Waals surface area (Å²) in [5.74, 6) is 0.901. The number of hydrogen-bond acceptors (Lipinski definition) is 2. The number of hydrogen-bond donors (Lipinski definition) is 0. The van der Waals surface area contributed by atoms with Crippen LogP contribution in [0.15, 0.2) is 34.7 Å². The molecular formula is C14H11OPS. The molecule has 0 aromatic heterocycles. The van der Waals surface area contributed by atoms with Crippen molar-refractivity contribution < 1.29 is 4.42 Å². The third-order valence-electron chi connectivity index (χ3n) is 2.86. The van der Waals surface area contributed by atoms with Crippen LogP contribution in [-0.4, -0.2) is 0 Å².